The van der Waals surface area contributed by atoms with Crippen LogP contribution >= 0.6 is 15.9 Å². The average molecular weight is 350 g/mol. The number of nitrogens with one attached hydrogen (secondary N) is 1. The van der Waals surface area contributed by atoms with Crippen molar-refractivity contribution in [3.8, 4) is 0 Å². The summed E-state index contributed by atoms with van der Waals surface area (Å²) in [5, 5.41) is 0. The van der Waals surface area contributed by atoms with Gasteiger partial charge < -0.3 is 4.74 Å². The molecule has 0 bridgehead atoms. The summed E-state index contributed by atoms with van der Waals surface area (Å²) in [5.74, 6) is 0. The summed E-state index contributed by atoms with van der Waals surface area (Å²) in [7, 11) is -3.48. The van der Waals surface area contributed by atoms with Crippen LogP contribution in [0.1, 0.15) is 25.3 Å². The maximum atomic E-state index is 12.1. The second-order valence-electron chi connectivity index (χ2n) is 4.30. The van der Waals surface area contributed by atoms with Crippen LogP contribution in [0, 0.1) is 6.92 Å². The zero-order chi connectivity index (χ0) is 14.3. The van der Waals surface area contributed by atoms with Gasteiger partial charge in [-0.05, 0) is 47.0 Å². The van der Waals surface area contributed by atoms with Gasteiger partial charge in [0.15, 0.2) is 0 Å². The third kappa shape index (κ3) is 5.60. The van der Waals surface area contributed by atoms with Crippen LogP contribution < -0.4 is 4.72 Å². The second kappa shape index (κ2) is 7.99. The smallest absolute Gasteiger partial charge is 0.241 e. The van der Waals surface area contributed by atoms with E-state index in [0.717, 1.165) is 18.4 Å². The number of hydrogen-bond acceptors (Lipinski definition) is 3. The van der Waals surface area contributed by atoms with Crippen LogP contribution in [0.3, 0.4) is 0 Å². The number of ether oxygens (including phenoxy) is 1. The quantitative estimate of drug-likeness (QED) is 0.734. The standard InChI is InChI=1S/C13H20BrNO3S/c1-3-4-8-18-9-7-15-19(16,17)13-6-5-11(2)10-12(13)14/h5-6,10,15H,3-4,7-9H2,1-2H3. The monoisotopic (exact) mass is 349 g/mol. The van der Waals surface area contributed by atoms with Crippen molar-refractivity contribution in [3.63, 3.8) is 0 Å². The number of unbranched alkanes of at least 4 members (excludes halogenated alkanes) is 1. The predicted molar refractivity (Wildman–Crippen MR) is 79.8 cm³/mol. The molecule has 0 fully saturated rings. The molecule has 0 heterocycles. The van der Waals surface area contributed by atoms with E-state index in [0.29, 0.717) is 17.7 Å². The molecule has 1 N–H and O–H groups in total. The number of hydrogen-bond donors (Lipinski definition) is 1. The zero-order valence-corrected chi connectivity index (χ0v) is 13.7. The van der Waals surface area contributed by atoms with Crippen LogP contribution in [-0.4, -0.2) is 28.2 Å². The van der Waals surface area contributed by atoms with E-state index in [1.165, 1.54) is 0 Å². The normalized spacial score (nSPS) is 11.7. The first-order valence-corrected chi connectivity index (χ1v) is 8.58. The summed E-state index contributed by atoms with van der Waals surface area (Å²) in [6, 6.07) is 5.16. The van der Waals surface area contributed by atoms with Crippen molar-refractivity contribution in [2.24, 2.45) is 0 Å². The van der Waals surface area contributed by atoms with Gasteiger partial charge in [-0.25, -0.2) is 13.1 Å². The van der Waals surface area contributed by atoms with Gasteiger partial charge >= 0.3 is 0 Å². The molecule has 4 nitrogen and oxygen atoms in total. The van der Waals surface area contributed by atoms with Crippen molar-refractivity contribution in [1.29, 1.82) is 0 Å². The largest absolute Gasteiger partial charge is 0.380 e. The highest BCUT2D eigenvalue weighted by Crippen LogP contribution is 2.22. The van der Waals surface area contributed by atoms with Crippen molar-refractivity contribution in [2.45, 2.75) is 31.6 Å². The molecule has 0 amide bonds. The van der Waals surface area contributed by atoms with Crippen molar-refractivity contribution in [1.82, 2.24) is 4.72 Å². The Morgan fingerprint density at radius 2 is 2.05 bits per heavy atom. The third-order valence-corrected chi connectivity index (χ3v) is 5.00. The first-order chi connectivity index (χ1) is 8.97. The van der Waals surface area contributed by atoms with Crippen molar-refractivity contribution in [3.05, 3.63) is 28.2 Å². The van der Waals surface area contributed by atoms with Gasteiger partial charge in [0.05, 0.1) is 11.5 Å². The van der Waals surface area contributed by atoms with Gasteiger partial charge in [0.1, 0.15) is 0 Å². The number of halogens is 1. The van der Waals surface area contributed by atoms with Crippen LogP contribution in [0.5, 0.6) is 0 Å². The van der Waals surface area contributed by atoms with Gasteiger partial charge in [-0.1, -0.05) is 19.4 Å². The van der Waals surface area contributed by atoms with Crippen LogP contribution in [-0.2, 0) is 14.8 Å². The zero-order valence-electron chi connectivity index (χ0n) is 11.3. The minimum atomic E-state index is -3.48. The van der Waals surface area contributed by atoms with Crippen molar-refractivity contribution >= 4 is 26.0 Å². The fourth-order valence-electron chi connectivity index (χ4n) is 1.50. The van der Waals surface area contributed by atoms with Crippen LogP contribution in [0.15, 0.2) is 27.6 Å². The maximum absolute atomic E-state index is 12.1. The predicted octanol–water partition coefficient (Wildman–Crippen LogP) is 2.85. The van der Waals surface area contributed by atoms with Gasteiger partial charge in [0.25, 0.3) is 0 Å². The van der Waals surface area contributed by atoms with E-state index in [4.69, 9.17) is 4.74 Å². The van der Waals surface area contributed by atoms with Gasteiger partial charge in [-0.15, -0.1) is 0 Å². The summed E-state index contributed by atoms with van der Waals surface area (Å²) in [4.78, 5) is 0.256. The lowest BCUT2D eigenvalue weighted by Crippen LogP contribution is -2.27. The molecule has 19 heavy (non-hydrogen) atoms. The van der Waals surface area contributed by atoms with Crippen molar-refractivity contribution in [2.75, 3.05) is 19.8 Å². The maximum Gasteiger partial charge on any atom is 0.241 e. The molecule has 0 unspecified atom stereocenters. The molecule has 1 rings (SSSR count). The summed E-state index contributed by atoms with van der Waals surface area (Å²) >= 11 is 3.28. The van der Waals surface area contributed by atoms with Crippen LogP contribution in [0.25, 0.3) is 0 Å². The Morgan fingerprint density at radius 1 is 1.32 bits per heavy atom. The fraction of sp³-hybridized carbons (Fsp3) is 0.538. The first kappa shape index (κ1) is 16.6. The molecule has 0 aliphatic heterocycles. The summed E-state index contributed by atoms with van der Waals surface area (Å²) < 4.78 is 32.5. The average Bonchev–Trinajstić information content (AvgIpc) is 2.33. The van der Waals surface area contributed by atoms with E-state index in [-0.39, 0.29) is 11.4 Å². The van der Waals surface area contributed by atoms with Gasteiger partial charge in [-0.2, -0.15) is 0 Å². The Labute approximate surface area is 123 Å². The number of rotatable bonds is 8. The lowest BCUT2D eigenvalue weighted by Gasteiger charge is -2.09. The first-order valence-electron chi connectivity index (χ1n) is 6.31. The molecule has 1 aromatic rings. The van der Waals surface area contributed by atoms with Gasteiger partial charge in [-0.3, -0.25) is 0 Å². The fourth-order valence-corrected chi connectivity index (χ4v) is 3.70. The highest BCUT2D eigenvalue weighted by Gasteiger charge is 2.16. The van der Waals surface area contributed by atoms with Gasteiger partial charge in [0, 0.05) is 17.6 Å². The van der Waals surface area contributed by atoms with Crippen LogP contribution in [0.4, 0.5) is 0 Å². The summed E-state index contributed by atoms with van der Waals surface area (Å²) in [6.45, 7) is 5.35. The Kier molecular flexibility index (Phi) is 6.99. The topological polar surface area (TPSA) is 55.4 Å². The highest BCUT2D eigenvalue weighted by atomic mass is 79.9. The Balaban J connectivity index is 2.52. The molecule has 1 aromatic carbocycles. The molecule has 0 saturated heterocycles. The molecule has 6 heteroatoms. The lowest BCUT2D eigenvalue weighted by molar-refractivity contribution is 0.136. The van der Waals surface area contributed by atoms with E-state index >= 15 is 0 Å². The Hall–Kier alpha value is -0.430. The minimum absolute atomic E-state index is 0.256. The third-order valence-electron chi connectivity index (χ3n) is 2.56. The van der Waals surface area contributed by atoms with E-state index in [2.05, 4.69) is 27.6 Å². The molecular formula is C13H20BrNO3S. The minimum Gasteiger partial charge on any atom is -0.380 e. The molecule has 0 atom stereocenters. The van der Waals surface area contributed by atoms with E-state index in [9.17, 15) is 8.42 Å². The molecule has 0 aliphatic carbocycles. The molecule has 0 saturated carbocycles. The Bertz CT molecular complexity index is 503. The highest BCUT2D eigenvalue weighted by molar-refractivity contribution is 9.10. The molecule has 0 radical (unpaired) electrons. The van der Waals surface area contributed by atoms with E-state index in [1.807, 2.05) is 6.92 Å². The van der Waals surface area contributed by atoms with Crippen molar-refractivity contribution < 1.29 is 13.2 Å². The van der Waals surface area contributed by atoms with E-state index in [1.54, 1.807) is 18.2 Å². The molecular weight excluding hydrogens is 330 g/mol. The molecule has 108 valence electrons. The second-order valence-corrected chi connectivity index (χ2v) is 6.89. The van der Waals surface area contributed by atoms with Gasteiger partial charge in [0.2, 0.25) is 10.0 Å². The van der Waals surface area contributed by atoms with Crippen LogP contribution in [0.2, 0.25) is 0 Å². The molecule has 0 spiro atoms. The number of benzene rings is 1. The molecule has 0 aliphatic rings. The number of aryl methyl sites for hydroxylation is 1. The lowest BCUT2D eigenvalue weighted by atomic mass is 10.2. The summed E-state index contributed by atoms with van der Waals surface area (Å²) in [6.07, 6.45) is 2.07. The SMILES string of the molecule is CCCCOCCNS(=O)(=O)c1ccc(C)cc1Br. The summed E-state index contributed by atoms with van der Waals surface area (Å²) in [5.41, 5.74) is 1.01. The number of sulfonamides is 1. The molecule has 0 aromatic heterocycles. The van der Waals surface area contributed by atoms with E-state index < -0.39 is 10.0 Å². The Morgan fingerprint density at radius 3 is 2.68 bits per heavy atom.